The summed E-state index contributed by atoms with van der Waals surface area (Å²) < 4.78 is 28.7. The van der Waals surface area contributed by atoms with E-state index < -0.39 is 10.0 Å². The van der Waals surface area contributed by atoms with Crippen LogP contribution in [0.5, 0.6) is 0 Å². The van der Waals surface area contributed by atoms with E-state index in [-0.39, 0.29) is 4.90 Å². The highest BCUT2D eigenvalue weighted by atomic mass is 79.9. The Labute approximate surface area is 142 Å². The van der Waals surface area contributed by atoms with E-state index in [0.29, 0.717) is 16.7 Å². The zero-order chi connectivity index (χ0) is 15.6. The predicted molar refractivity (Wildman–Crippen MR) is 93.2 cm³/mol. The van der Waals surface area contributed by atoms with E-state index in [4.69, 9.17) is 0 Å². The summed E-state index contributed by atoms with van der Waals surface area (Å²) in [7, 11) is -3.61. The van der Waals surface area contributed by atoms with E-state index in [1.54, 1.807) is 18.2 Å². The molecule has 112 valence electrons. The number of aryl methyl sites for hydroxylation is 1. The molecule has 21 heavy (non-hydrogen) atoms. The molecule has 0 saturated heterocycles. The van der Waals surface area contributed by atoms with Gasteiger partial charge in [-0.15, -0.1) is 0 Å². The Kier molecular flexibility index (Phi) is 5.11. The van der Waals surface area contributed by atoms with Gasteiger partial charge in [0.05, 0.1) is 5.69 Å². The van der Waals surface area contributed by atoms with Gasteiger partial charge in [0.1, 0.15) is 4.90 Å². The van der Waals surface area contributed by atoms with Crippen LogP contribution in [0, 0.1) is 6.92 Å². The third-order valence-corrected chi connectivity index (χ3v) is 6.49. The molecule has 0 fully saturated rings. The Hall–Kier alpha value is -0.850. The fourth-order valence-corrected chi connectivity index (χ4v) is 5.36. The molecule has 0 aliphatic heterocycles. The molecular formula is C15H15Br2NO2S. The molecule has 0 aliphatic carbocycles. The van der Waals surface area contributed by atoms with Crippen molar-refractivity contribution in [3.05, 3.63) is 57.0 Å². The average Bonchev–Trinajstić information content (AvgIpc) is 2.41. The number of para-hydroxylation sites is 1. The van der Waals surface area contributed by atoms with Crippen LogP contribution < -0.4 is 4.31 Å². The van der Waals surface area contributed by atoms with Crippen LogP contribution in [0.25, 0.3) is 0 Å². The van der Waals surface area contributed by atoms with Gasteiger partial charge in [0.25, 0.3) is 10.0 Å². The number of rotatable bonds is 4. The quantitative estimate of drug-likeness (QED) is 0.699. The van der Waals surface area contributed by atoms with Gasteiger partial charge in [-0.25, -0.2) is 8.42 Å². The van der Waals surface area contributed by atoms with Crippen LogP contribution in [0.15, 0.2) is 56.3 Å². The highest BCUT2D eigenvalue weighted by Crippen LogP contribution is 2.31. The minimum absolute atomic E-state index is 0.260. The van der Waals surface area contributed by atoms with Crippen molar-refractivity contribution in [1.82, 2.24) is 0 Å². The number of nitrogens with zero attached hydrogens (tertiary/aromatic N) is 1. The summed E-state index contributed by atoms with van der Waals surface area (Å²) >= 11 is 6.67. The molecule has 0 aromatic heterocycles. The zero-order valence-corrected chi connectivity index (χ0v) is 15.7. The SMILES string of the molecule is CCN(c1ccccc1C)S(=O)(=O)c1ccc(Br)cc1Br. The van der Waals surface area contributed by atoms with Crippen molar-refractivity contribution < 1.29 is 8.42 Å². The second-order valence-corrected chi connectivity index (χ2v) is 8.13. The first-order valence-electron chi connectivity index (χ1n) is 6.41. The lowest BCUT2D eigenvalue weighted by molar-refractivity contribution is 0.591. The van der Waals surface area contributed by atoms with Crippen molar-refractivity contribution in [3.8, 4) is 0 Å². The average molecular weight is 433 g/mol. The molecule has 0 atom stereocenters. The van der Waals surface area contributed by atoms with Crippen LogP contribution >= 0.6 is 31.9 Å². The van der Waals surface area contributed by atoms with Crippen LogP contribution in [0.4, 0.5) is 5.69 Å². The fourth-order valence-electron chi connectivity index (χ4n) is 2.12. The predicted octanol–water partition coefficient (Wildman–Crippen LogP) is 4.74. The summed E-state index contributed by atoms with van der Waals surface area (Å²) in [5.41, 5.74) is 1.63. The highest BCUT2D eigenvalue weighted by Gasteiger charge is 2.26. The summed E-state index contributed by atoms with van der Waals surface area (Å²) in [6.07, 6.45) is 0. The lowest BCUT2D eigenvalue weighted by atomic mass is 10.2. The van der Waals surface area contributed by atoms with Gasteiger partial charge in [0.2, 0.25) is 0 Å². The number of hydrogen-bond donors (Lipinski definition) is 0. The maximum absolute atomic E-state index is 12.9. The smallest absolute Gasteiger partial charge is 0.265 e. The van der Waals surface area contributed by atoms with Gasteiger partial charge in [-0.05, 0) is 59.6 Å². The fraction of sp³-hybridized carbons (Fsp3) is 0.200. The second kappa shape index (κ2) is 6.50. The molecule has 3 nitrogen and oxygen atoms in total. The molecule has 0 saturated carbocycles. The third-order valence-electron chi connectivity index (χ3n) is 3.13. The minimum Gasteiger partial charge on any atom is -0.266 e. The van der Waals surface area contributed by atoms with E-state index in [1.165, 1.54) is 4.31 Å². The molecule has 6 heteroatoms. The molecule has 0 bridgehead atoms. The third kappa shape index (κ3) is 3.33. The van der Waals surface area contributed by atoms with E-state index in [0.717, 1.165) is 10.0 Å². The normalized spacial score (nSPS) is 11.4. The van der Waals surface area contributed by atoms with Gasteiger partial charge in [-0.2, -0.15) is 0 Å². The second-order valence-electron chi connectivity index (χ2n) is 4.53. The Morgan fingerprint density at radius 1 is 1.10 bits per heavy atom. The standard InChI is InChI=1S/C15H15Br2NO2S/c1-3-18(14-7-5-4-6-11(14)2)21(19,20)15-9-8-12(16)10-13(15)17/h4-10H,3H2,1-2H3. The summed E-state index contributed by atoms with van der Waals surface area (Å²) in [4.78, 5) is 0.260. The number of benzene rings is 2. The van der Waals surface area contributed by atoms with Crippen molar-refractivity contribution in [2.45, 2.75) is 18.7 Å². The van der Waals surface area contributed by atoms with Gasteiger partial charge < -0.3 is 0 Å². The van der Waals surface area contributed by atoms with Crippen molar-refractivity contribution in [3.63, 3.8) is 0 Å². The summed E-state index contributed by atoms with van der Waals surface area (Å²) in [6.45, 7) is 4.11. The summed E-state index contributed by atoms with van der Waals surface area (Å²) in [5, 5.41) is 0. The van der Waals surface area contributed by atoms with Crippen molar-refractivity contribution >= 4 is 47.6 Å². The van der Waals surface area contributed by atoms with Gasteiger partial charge in [-0.1, -0.05) is 34.1 Å². The maximum atomic E-state index is 12.9. The summed E-state index contributed by atoms with van der Waals surface area (Å²) in [6, 6.07) is 12.5. The van der Waals surface area contributed by atoms with Crippen LogP contribution in [0.3, 0.4) is 0 Å². The Morgan fingerprint density at radius 2 is 1.76 bits per heavy atom. The molecule has 0 unspecified atom stereocenters. The molecular weight excluding hydrogens is 418 g/mol. The molecule has 2 rings (SSSR count). The van der Waals surface area contributed by atoms with Gasteiger partial charge in [-0.3, -0.25) is 4.31 Å². The summed E-state index contributed by atoms with van der Waals surface area (Å²) in [5.74, 6) is 0. The molecule has 0 aliphatic rings. The monoisotopic (exact) mass is 431 g/mol. The Morgan fingerprint density at radius 3 is 2.33 bits per heavy atom. The highest BCUT2D eigenvalue weighted by molar-refractivity contribution is 9.11. The largest absolute Gasteiger partial charge is 0.266 e. The molecule has 0 N–H and O–H groups in total. The minimum atomic E-state index is -3.61. The van der Waals surface area contributed by atoms with Crippen molar-refractivity contribution in [2.75, 3.05) is 10.8 Å². The topological polar surface area (TPSA) is 37.4 Å². The van der Waals surface area contributed by atoms with E-state index >= 15 is 0 Å². The van der Waals surface area contributed by atoms with Crippen LogP contribution in [-0.2, 0) is 10.0 Å². The molecule has 0 amide bonds. The molecule has 2 aromatic carbocycles. The van der Waals surface area contributed by atoms with Gasteiger partial charge in [0, 0.05) is 15.5 Å². The lowest BCUT2D eigenvalue weighted by Gasteiger charge is -2.25. The molecule has 0 radical (unpaired) electrons. The Balaban J connectivity index is 2.58. The first-order valence-corrected chi connectivity index (χ1v) is 9.44. The van der Waals surface area contributed by atoms with Gasteiger partial charge >= 0.3 is 0 Å². The maximum Gasteiger partial charge on any atom is 0.265 e. The van der Waals surface area contributed by atoms with Gasteiger partial charge in [0.15, 0.2) is 0 Å². The van der Waals surface area contributed by atoms with Crippen molar-refractivity contribution in [1.29, 1.82) is 0 Å². The lowest BCUT2D eigenvalue weighted by Crippen LogP contribution is -2.31. The Bertz CT molecular complexity index is 760. The van der Waals surface area contributed by atoms with Crippen molar-refractivity contribution in [2.24, 2.45) is 0 Å². The number of sulfonamides is 1. The first-order chi connectivity index (χ1) is 9.87. The first kappa shape index (κ1) is 16.5. The molecule has 0 spiro atoms. The van der Waals surface area contributed by atoms with E-state index in [1.807, 2.05) is 38.1 Å². The number of halogens is 2. The molecule has 0 heterocycles. The van der Waals surface area contributed by atoms with E-state index in [2.05, 4.69) is 31.9 Å². The van der Waals surface area contributed by atoms with Crippen LogP contribution in [-0.4, -0.2) is 15.0 Å². The number of anilines is 1. The number of hydrogen-bond acceptors (Lipinski definition) is 2. The van der Waals surface area contributed by atoms with E-state index in [9.17, 15) is 8.42 Å². The van der Waals surface area contributed by atoms with Crippen LogP contribution in [0.1, 0.15) is 12.5 Å². The van der Waals surface area contributed by atoms with Crippen LogP contribution in [0.2, 0.25) is 0 Å². The molecule has 2 aromatic rings. The zero-order valence-electron chi connectivity index (χ0n) is 11.7.